The van der Waals surface area contributed by atoms with Gasteiger partial charge in [-0.05, 0) is 24.8 Å². The number of aliphatic hydroxyl groups is 1. The first kappa shape index (κ1) is 11.5. The lowest BCUT2D eigenvalue weighted by Gasteiger charge is -2.42. The molecule has 1 aromatic rings. The molecule has 1 saturated carbocycles. The van der Waals surface area contributed by atoms with Gasteiger partial charge in [-0.1, -0.05) is 38.0 Å². The Morgan fingerprint density at radius 1 is 1.31 bits per heavy atom. The fourth-order valence-corrected chi connectivity index (χ4v) is 3.03. The Morgan fingerprint density at radius 3 is 2.69 bits per heavy atom. The minimum absolute atomic E-state index is 0.131. The van der Waals surface area contributed by atoms with E-state index in [1.54, 1.807) is 6.07 Å². The maximum absolute atomic E-state index is 9.97. The van der Waals surface area contributed by atoms with Gasteiger partial charge < -0.3 is 10.2 Å². The second-order valence-corrected chi connectivity index (χ2v) is 4.98. The molecule has 1 aliphatic carbocycles. The number of hydrogen-bond acceptors (Lipinski definition) is 2. The van der Waals surface area contributed by atoms with Crippen LogP contribution in [0.2, 0.25) is 0 Å². The third-order valence-electron chi connectivity index (χ3n) is 4.18. The van der Waals surface area contributed by atoms with Crippen molar-refractivity contribution in [2.75, 3.05) is 6.61 Å². The molecular weight excluding hydrogens is 200 g/mol. The molecule has 88 valence electrons. The minimum Gasteiger partial charge on any atom is -0.508 e. The quantitative estimate of drug-likeness (QED) is 0.804. The van der Waals surface area contributed by atoms with Gasteiger partial charge in [0.25, 0.3) is 0 Å². The summed E-state index contributed by atoms with van der Waals surface area (Å²) >= 11 is 0. The van der Waals surface area contributed by atoms with Gasteiger partial charge in [-0.2, -0.15) is 0 Å². The van der Waals surface area contributed by atoms with Gasteiger partial charge >= 0.3 is 0 Å². The zero-order valence-corrected chi connectivity index (χ0v) is 9.82. The SMILES string of the molecule is CC1CCCCC1(CO)c1ccccc1O. The highest BCUT2D eigenvalue weighted by molar-refractivity contribution is 5.39. The molecule has 2 heteroatoms. The van der Waals surface area contributed by atoms with Crippen molar-refractivity contribution < 1.29 is 10.2 Å². The molecule has 2 nitrogen and oxygen atoms in total. The number of hydrogen-bond donors (Lipinski definition) is 2. The smallest absolute Gasteiger partial charge is 0.119 e. The van der Waals surface area contributed by atoms with E-state index in [-0.39, 0.29) is 12.0 Å². The highest BCUT2D eigenvalue weighted by Gasteiger charge is 2.40. The molecule has 0 saturated heterocycles. The molecule has 0 radical (unpaired) electrons. The summed E-state index contributed by atoms with van der Waals surface area (Å²) in [5, 5.41) is 19.7. The Hall–Kier alpha value is -1.02. The summed E-state index contributed by atoms with van der Waals surface area (Å²) < 4.78 is 0. The number of phenols is 1. The highest BCUT2D eigenvalue weighted by Crippen LogP contribution is 2.46. The molecule has 0 bridgehead atoms. The van der Waals surface area contributed by atoms with Crippen molar-refractivity contribution in [2.45, 2.75) is 38.0 Å². The van der Waals surface area contributed by atoms with Crippen molar-refractivity contribution in [3.8, 4) is 5.75 Å². The van der Waals surface area contributed by atoms with Gasteiger partial charge in [0.2, 0.25) is 0 Å². The van der Waals surface area contributed by atoms with Crippen LogP contribution in [0.15, 0.2) is 24.3 Å². The normalized spacial score (nSPS) is 30.2. The summed E-state index contributed by atoms with van der Waals surface area (Å²) in [7, 11) is 0. The molecule has 0 aliphatic heterocycles. The Kier molecular flexibility index (Phi) is 3.20. The molecule has 0 spiro atoms. The predicted molar refractivity (Wildman–Crippen MR) is 64.5 cm³/mol. The summed E-state index contributed by atoms with van der Waals surface area (Å²) in [6.07, 6.45) is 4.48. The van der Waals surface area contributed by atoms with Gasteiger partial charge in [0.15, 0.2) is 0 Å². The average molecular weight is 220 g/mol. The van der Waals surface area contributed by atoms with Crippen LogP contribution in [0.3, 0.4) is 0 Å². The van der Waals surface area contributed by atoms with E-state index in [2.05, 4.69) is 6.92 Å². The van der Waals surface area contributed by atoms with Crippen LogP contribution in [0.5, 0.6) is 5.75 Å². The molecule has 0 amide bonds. The second kappa shape index (κ2) is 4.46. The minimum atomic E-state index is -0.233. The molecular formula is C14H20O2. The van der Waals surface area contributed by atoms with Gasteiger partial charge in [-0.3, -0.25) is 0 Å². The van der Waals surface area contributed by atoms with Crippen LogP contribution < -0.4 is 0 Å². The fraction of sp³-hybridized carbons (Fsp3) is 0.571. The van der Waals surface area contributed by atoms with Crippen molar-refractivity contribution in [3.63, 3.8) is 0 Å². The fourth-order valence-electron chi connectivity index (χ4n) is 3.03. The van der Waals surface area contributed by atoms with E-state index in [0.717, 1.165) is 24.8 Å². The lowest BCUT2D eigenvalue weighted by atomic mass is 9.63. The van der Waals surface area contributed by atoms with Crippen molar-refractivity contribution in [1.82, 2.24) is 0 Å². The van der Waals surface area contributed by atoms with Gasteiger partial charge in [0.1, 0.15) is 5.75 Å². The highest BCUT2D eigenvalue weighted by atomic mass is 16.3. The van der Waals surface area contributed by atoms with Crippen LogP contribution in [0.1, 0.15) is 38.2 Å². The largest absolute Gasteiger partial charge is 0.508 e. The number of aliphatic hydroxyl groups excluding tert-OH is 1. The van der Waals surface area contributed by atoms with Gasteiger partial charge in [-0.15, -0.1) is 0 Å². The Morgan fingerprint density at radius 2 is 2.06 bits per heavy atom. The molecule has 2 N–H and O–H groups in total. The first-order chi connectivity index (χ1) is 7.70. The van der Waals surface area contributed by atoms with Gasteiger partial charge in [-0.25, -0.2) is 0 Å². The van der Waals surface area contributed by atoms with E-state index in [1.165, 1.54) is 6.42 Å². The third-order valence-corrected chi connectivity index (χ3v) is 4.18. The summed E-state index contributed by atoms with van der Waals surface area (Å²) in [5.41, 5.74) is 0.688. The topological polar surface area (TPSA) is 40.5 Å². The van der Waals surface area contributed by atoms with E-state index in [9.17, 15) is 10.2 Å². The Labute approximate surface area is 96.9 Å². The van der Waals surface area contributed by atoms with Crippen LogP contribution in [0.25, 0.3) is 0 Å². The summed E-state index contributed by atoms with van der Waals surface area (Å²) in [6.45, 7) is 2.31. The maximum Gasteiger partial charge on any atom is 0.119 e. The van der Waals surface area contributed by atoms with Crippen LogP contribution in [0.4, 0.5) is 0 Å². The van der Waals surface area contributed by atoms with Crippen molar-refractivity contribution in [3.05, 3.63) is 29.8 Å². The van der Waals surface area contributed by atoms with E-state index >= 15 is 0 Å². The lowest BCUT2D eigenvalue weighted by molar-refractivity contribution is 0.101. The molecule has 1 aliphatic rings. The van der Waals surface area contributed by atoms with E-state index < -0.39 is 0 Å². The van der Waals surface area contributed by atoms with E-state index in [0.29, 0.717) is 11.7 Å². The maximum atomic E-state index is 9.97. The first-order valence-corrected chi connectivity index (χ1v) is 6.10. The number of rotatable bonds is 2. The molecule has 2 atom stereocenters. The van der Waals surface area contributed by atoms with E-state index in [4.69, 9.17) is 0 Å². The molecule has 1 aromatic carbocycles. The van der Waals surface area contributed by atoms with Gasteiger partial charge in [0, 0.05) is 11.0 Å². The summed E-state index contributed by atoms with van der Waals surface area (Å²) in [4.78, 5) is 0. The van der Waals surface area contributed by atoms with Crippen molar-refractivity contribution in [1.29, 1.82) is 0 Å². The average Bonchev–Trinajstić information content (AvgIpc) is 2.31. The summed E-state index contributed by atoms with van der Waals surface area (Å²) in [5.74, 6) is 0.754. The molecule has 0 aromatic heterocycles. The zero-order chi connectivity index (χ0) is 11.6. The predicted octanol–water partition coefficient (Wildman–Crippen LogP) is 2.83. The molecule has 2 rings (SSSR count). The monoisotopic (exact) mass is 220 g/mol. The number of aromatic hydroxyl groups is 1. The third kappa shape index (κ3) is 1.71. The molecule has 2 unspecified atom stereocenters. The van der Waals surface area contributed by atoms with Crippen LogP contribution in [-0.2, 0) is 5.41 Å². The molecule has 1 fully saturated rings. The van der Waals surface area contributed by atoms with Crippen molar-refractivity contribution >= 4 is 0 Å². The van der Waals surface area contributed by atoms with Crippen LogP contribution in [0, 0.1) is 5.92 Å². The Bertz CT molecular complexity index is 362. The number of para-hydroxylation sites is 1. The molecule has 16 heavy (non-hydrogen) atoms. The van der Waals surface area contributed by atoms with Crippen LogP contribution >= 0.6 is 0 Å². The van der Waals surface area contributed by atoms with Gasteiger partial charge in [0.05, 0.1) is 6.61 Å². The van der Waals surface area contributed by atoms with Crippen LogP contribution in [-0.4, -0.2) is 16.8 Å². The Balaban J connectivity index is 2.44. The van der Waals surface area contributed by atoms with E-state index in [1.807, 2.05) is 18.2 Å². The summed E-state index contributed by atoms with van der Waals surface area (Å²) in [6, 6.07) is 7.44. The second-order valence-electron chi connectivity index (χ2n) is 4.98. The first-order valence-electron chi connectivity index (χ1n) is 6.10. The number of benzene rings is 1. The zero-order valence-electron chi connectivity index (χ0n) is 9.82. The number of phenolic OH excluding ortho intramolecular Hbond substituents is 1. The standard InChI is InChI=1S/C14H20O2/c1-11-6-4-5-9-14(11,10-15)12-7-2-3-8-13(12)16/h2-3,7-8,11,15-16H,4-6,9-10H2,1H3. The molecule has 0 heterocycles. The van der Waals surface area contributed by atoms with Crippen molar-refractivity contribution in [2.24, 2.45) is 5.92 Å². The lowest BCUT2D eigenvalue weighted by Crippen LogP contribution is -2.40.